The van der Waals surface area contributed by atoms with E-state index in [1.807, 2.05) is 48.5 Å². The number of fused-ring (bicyclic) bond motifs is 3. The van der Waals surface area contributed by atoms with Gasteiger partial charge in [0.2, 0.25) is 5.91 Å². The molecule has 0 aromatic heterocycles. The number of nitrogens with one attached hydrogen (secondary N) is 1. The monoisotopic (exact) mass is 462 g/mol. The molecule has 0 radical (unpaired) electrons. The van der Waals surface area contributed by atoms with Gasteiger partial charge in [0.05, 0.1) is 12.5 Å². The number of benzene rings is 2. The summed E-state index contributed by atoms with van der Waals surface area (Å²) < 4.78 is 10.9. The minimum Gasteiger partial charge on any atom is -0.481 e. The second kappa shape index (κ2) is 10.4. The first-order valence-electron chi connectivity index (χ1n) is 11.1. The van der Waals surface area contributed by atoms with Gasteiger partial charge in [-0.3, -0.25) is 9.59 Å². The van der Waals surface area contributed by atoms with E-state index in [-0.39, 0.29) is 25.2 Å². The molecule has 2 atom stereocenters. The lowest BCUT2D eigenvalue weighted by Crippen LogP contribution is -2.49. The normalized spacial score (nSPS) is 17.4. The fraction of sp³-hybridized carbons (Fsp3) is 0.346. The molecule has 2 N–H and O–H groups in total. The predicted octanol–water partition coefficient (Wildman–Crippen LogP) is 2.62. The fourth-order valence-electron chi connectivity index (χ4n) is 4.61. The molecule has 0 spiro atoms. The summed E-state index contributed by atoms with van der Waals surface area (Å²) in [6.07, 6.45) is 4.21. The number of alkyl carbamates (subject to hydrolysis) is 1. The second-order valence-electron chi connectivity index (χ2n) is 8.33. The summed E-state index contributed by atoms with van der Waals surface area (Å²) in [6.45, 7) is 0.905. The van der Waals surface area contributed by atoms with E-state index in [0.29, 0.717) is 19.5 Å². The van der Waals surface area contributed by atoms with Crippen molar-refractivity contribution in [2.45, 2.75) is 30.9 Å². The molecule has 1 saturated heterocycles. The number of carbonyl (C=O) groups excluding carboxylic acids is 2. The van der Waals surface area contributed by atoms with Gasteiger partial charge < -0.3 is 24.8 Å². The minimum atomic E-state index is -1.24. The molecule has 1 heterocycles. The van der Waals surface area contributed by atoms with Crippen LogP contribution >= 0.6 is 0 Å². The van der Waals surface area contributed by atoms with Crippen molar-refractivity contribution >= 4 is 18.0 Å². The number of terminal acetylenes is 1. The van der Waals surface area contributed by atoms with Crippen LogP contribution < -0.4 is 5.32 Å². The van der Waals surface area contributed by atoms with Crippen LogP contribution in [0.4, 0.5) is 4.79 Å². The molecule has 1 aliphatic carbocycles. The molecule has 2 amide bonds. The zero-order valence-electron chi connectivity index (χ0n) is 18.6. The summed E-state index contributed by atoms with van der Waals surface area (Å²) >= 11 is 0. The third-order valence-corrected chi connectivity index (χ3v) is 6.17. The smallest absolute Gasteiger partial charge is 0.407 e. The number of ether oxygens (including phenoxy) is 2. The van der Waals surface area contributed by atoms with Crippen LogP contribution in [0.15, 0.2) is 48.5 Å². The Kier molecular flexibility index (Phi) is 7.14. The second-order valence-corrected chi connectivity index (χ2v) is 8.33. The summed E-state index contributed by atoms with van der Waals surface area (Å²) in [7, 11) is 0. The number of carboxylic acids is 1. The molecule has 1 aliphatic heterocycles. The number of carbonyl (C=O) groups is 3. The minimum absolute atomic E-state index is 0.0690. The highest BCUT2D eigenvalue weighted by atomic mass is 16.5. The number of carboxylic acid groups (broad SMARTS) is 1. The van der Waals surface area contributed by atoms with E-state index in [1.165, 1.54) is 4.90 Å². The fourth-order valence-corrected chi connectivity index (χ4v) is 4.61. The van der Waals surface area contributed by atoms with E-state index in [0.717, 1.165) is 22.3 Å². The van der Waals surface area contributed by atoms with Crippen LogP contribution in [0, 0.1) is 12.3 Å². The van der Waals surface area contributed by atoms with Gasteiger partial charge in [-0.2, -0.15) is 0 Å². The molecule has 2 aromatic rings. The maximum atomic E-state index is 12.9. The van der Waals surface area contributed by atoms with E-state index in [4.69, 9.17) is 15.9 Å². The Bertz CT molecular complexity index is 1080. The summed E-state index contributed by atoms with van der Waals surface area (Å²) in [4.78, 5) is 38.3. The van der Waals surface area contributed by atoms with Crippen molar-refractivity contribution in [3.63, 3.8) is 0 Å². The molecule has 34 heavy (non-hydrogen) atoms. The number of likely N-dealkylation sites (tertiary alicyclic amines) is 1. The summed E-state index contributed by atoms with van der Waals surface area (Å²) in [5, 5.41) is 11.7. The molecule has 4 rings (SSSR count). The van der Waals surface area contributed by atoms with Crippen molar-refractivity contribution in [2.75, 3.05) is 26.3 Å². The number of hydrogen-bond acceptors (Lipinski definition) is 5. The molecular weight excluding hydrogens is 436 g/mol. The van der Waals surface area contributed by atoms with E-state index >= 15 is 0 Å². The van der Waals surface area contributed by atoms with E-state index in [9.17, 15) is 19.5 Å². The Labute approximate surface area is 197 Å². The number of aliphatic carboxylic acids is 1. The number of nitrogens with zero attached hydrogens (tertiary/aromatic N) is 1. The van der Waals surface area contributed by atoms with Crippen LogP contribution in [0.1, 0.15) is 29.9 Å². The van der Waals surface area contributed by atoms with Crippen molar-refractivity contribution in [3.05, 3.63) is 59.7 Å². The third kappa shape index (κ3) is 5.05. The van der Waals surface area contributed by atoms with Gasteiger partial charge >= 0.3 is 12.1 Å². The molecule has 2 unspecified atom stereocenters. The average Bonchev–Trinajstić information content (AvgIpc) is 3.43. The highest BCUT2D eigenvalue weighted by molar-refractivity contribution is 5.89. The van der Waals surface area contributed by atoms with Crippen molar-refractivity contribution < 1.29 is 29.0 Å². The molecule has 2 aromatic carbocycles. The Morgan fingerprint density at radius 3 is 2.38 bits per heavy atom. The standard InChI is InChI=1S/C26H26N2O6/c1-2-13-33-17-11-12-28(15-17)25(31)23(14-24(29)30)27-26(32)34-16-22-20-9-5-3-7-18(20)19-8-4-6-10-21(19)22/h1,3-10,17,22-23H,11-16H2,(H,27,32)(H,29,30). The summed E-state index contributed by atoms with van der Waals surface area (Å²) in [5.74, 6) is 0.566. The van der Waals surface area contributed by atoms with Gasteiger partial charge in [-0.15, -0.1) is 6.42 Å². The van der Waals surface area contributed by atoms with Crippen molar-refractivity contribution in [3.8, 4) is 23.5 Å². The van der Waals surface area contributed by atoms with E-state index in [2.05, 4.69) is 11.2 Å². The van der Waals surface area contributed by atoms with Crippen LogP contribution in [0.5, 0.6) is 0 Å². The first-order valence-corrected chi connectivity index (χ1v) is 11.1. The molecule has 176 valence electrons. The molecule has 2 aliphatic rings. The topological polar surface area (TPSA) is 105 Å². The Morgan fingerprint density at radius 2 is 1.76 bits per heavy atom. The highest BCUT2D eigenvalue weighted by Crippen LogP contribution is 2.44. The lowest BCUT2D eigenvalue weighted by molar-refractivity contribution is -0.142. The van der Waals surface area contributed by atoms with Gasteiger partial charge in [-0.05, 0) is 28.7 Å². The Morgan fingerprint density at radius 1 is 1.12 bits per heavy atom. The van der Waals surface area contributed by atoms with Crippen LogP contribution in [-0.4, -0.2) is 66.4 Å². The third-order valence-electron chi connectivity index (χ3n) is 6.17. The molecule has 0 saturated carbocycles. The predicted molar refractivity (Wildman–Crippen MR) is 124 cm³/mol. The lowest BCUT2D eigenvalue weighted by Gasteiger charge is -2.23. The maximum absolute atomic E-state index is 12.9. The number of rotatable bonds is 8. The van der Waals surface area contributed by atoms with Crippen LogP contribution in [0.25, 0.3) is 11.1 Å². The number of amides is 2. The van der Waals surface area contributed by atoms with Crippen LogP contribution in [-0.2, 0) is 19.1 Å². The zero-order valence-corrected chi connectivity index (χ0v) is 18.6. The molecular formula is C26H26N2O6. The SMILES string of the molecule is C#CCOC1CCN(C(=O)C(CC(=O)O)NC(=O)OCC2c3ccccc3-c3ccccc32)C1. The Balaban J connectivity index is 1.39. The van der Waals surface area contributed by atoms with E-state index in [1.54, 1.807) is 0 Å². The molecule has 8 heteroatoms. The van der Waals surface area contributed by atoms with Gasteiger partial charge in [-0.25, -0.2) is 4.79 Å². The zero-order chi connectivity index (χ0) is 24.1. The van der Waals surface area contributed by atoms with Gasteiger partial charge in [-0.1, -0.05) is 54.5 Å². The van der Waals surface area contributed by atoms with Crippen molar-refractivity contribution in [1.82, 2.24) is 10.2 Å². The summed E-state index contributed by atoms with van der Waals surface area (Å²) in [5.41, 5.74) is 4.32. The largest absolute Gasteiger partial charge is 0.481 e. The molecule has 0 bridgehead atoms. The lowest BCUT2D eigenvalue weighted by atomic mass is 9.98. The van der Waals surface area contributed by atoms with Crippen molar-refractivity contribution in [2.24, 2.45) is 0 Å². The van der Waals surface area contributed by atoms with Gasteiger partial charge in [0.25, 0.3) is 0 Å². The van der Waals surface area contributed by atoms with Crippen molar-refractivity contribution in [1.29, 1.82) is 0 Å². The quantitative estimate of drug-likeness (QED) is 0.585. The van der Waals surface area contributed by atoms with Gasteiger partial charge in [0.1, 0.15) is 19.3 Å². The first kappa shape index (κ1) is 23.3. The average molecular weight is 463 g/mol. The van der Waals surface area contributed by atoms with E-state index < -0.39 is 30.4 Å². The van der Waals surface area contributed by atoms with Crippen LogP contribution in [0.2, 0.25) is 0 Å². The van der Waals surface area contributed by atoms with Gasteiger partial charge in [0.15, 0.2) is 0 Å². The molecule has 1 fully saturated rings. The number of hydrogen-bond donors (Lipinski definition) is 2. The molecule has 8 nitrogen and oxygen atoms in total. The van der Waals surface area contributed by atoms with Crippen LogP contribution in [0.3, 0.4) is 0 Å². The maximum Gasteiger partial charge on any atom is 0.407 e. The first-order chi connectivity index (χ1) is 16.5. The van der Waals surface area contributed by atoms with Gasteiger partial charge in [0, 0.05) is 19.0 Å². The summed E-state index contributed by atoms with van der Waals surface area (Å²) in [6, 6.07) is 14.7. The Hall–Kier alpha value is -3.83. The highest BCUT2D eigenvalue weighted by Gasteiger charge is 2.34.